The highest BCUT2D eigenvalue weighted by Crippen LogP contribution is 2.43. The monoisotopic (exact) mass is 560 g/mol. The predicted octanol–water partition coefficient (Wildman–Crippen LogP) is 5.75. The molecular formula is C28H44N2O6Si2. The number of hydrogen-bond donors (Lipinski definition) is 0. The standard InChI is InChI=1S/C28H44N2O6Si2/c1-28(2,3)38(10,11)36-22(16-17-37(7,8)9)14-12-20-18-24(33-4)26(34-5)27(35-6)25(20)23(32)15-13-21(31)19-30-29/h18-19,22H,12-15H2,1-11H3/t22-/m1/s1. The predicted molar refractivity (Wildman–Crippen MR) is 156 cm³/mol. The summed E-state index contributed by atoms with van der Waals surface area (Å²) in [6, 6.07) is 1.78. The van der Waals surface area contributed by atoms with Gasteiger partial charge in [-0.25, -0.2) is 0 Å². The molecular weight excluding hydrogens is 516 g/mol. The van der Waals surface area contributed by atoms with E-state index in [-0.39, 0.29) is 35.5 Å². The van der Waals surface area contributed by atoms with Crippen LogP contribution in [0.25, 0.3) is 5.53 Å². The summed E-state index contributed by atoms with van der Waals surface area (Å²) >= 11 is 0. The first-order valence-electron chi connectivity index (χ1n) is 12.8. The summed E-state index contributed by atoms with van der Waals surface area (Å²) in [4.78, 5) is 28.0. The zero-order valence-corrected chi connectivity index (χ0v) is 26.9. The second-order valence-electron chi connectivity index (χ2n) is 11.7. The van der Waals surface area contributed by atoms with Crippen LogP contribution in [0.15, 0.2) is 6.07 Å². The van der Waals surface area contributed by atoms with Crippen molar-refractivity contribution >= 4 is 34.2 Å². The first kappa shape index (κ1) is 33.3. The van der Waals surface area contributed by atoms with Gasteiger partial charge in [-0.2, -0.15) is 4.79 Å². The van der Waals surface area contributed by atoms with Crippen molar-refractivity contribution in [2.45, 2.75) is 90.3 Å². The van der Waals surface area contributed by atoms with Crippen LogP contribution in [0.5, 0.6) is 17.2 Å². The Morgan fingerprint density at radius 1 is 1.03 bits per heavy atom. The van der Waals surface area contributed by atoms with Gasteiger partial charge in [-0.15, -0.1) is 5.54 Å². The van der Waals surface area contributed by atoms with Crippen molar-refractivity contribution < 1.29 is 33.0 Å². The highest BCUT2D eigenvalue weighted by atomic mass is 28.4. The lowest BCUT2D eigenvalue weighted by Crippen LogP contribution is -2.43. The van der Waals surface area contributed by atoms with E-state index >= 15 is 0 Å². The number of hydrogen-bond acceptors (Lipinski definition) is 6. The van der Waals surface area contributed by atoms with Gasteiger partial charge in [0.25, 0.3) is 0 Å². The summed E-state index contributed by atoms with van der Waals surface area (Å²) in [6.45, 7) is 17.6. The summed E-state index contributed by atoms with van der Waals surface area (Å²) in [7, 11) is 0.705. The topological polar surface area (TPSA) is 107 Å². The van der Waals surface area contributed by atoms with Crippen LogP contribution in [0, 0.1) is 11.5 Å². The molecule has 1 aromatic carbocycles. The Kier molecular flexibility index (Phi) is 12.2. The molecule has 0 N–H and O–H groups in total. The second kappa shape index (κ2) is 13.9. The zero-order valence-electron chi connectivity index (χ0n) is 24.9. The smallest absolute Gasteiger partial charge is 0.323 e. The van der Waals surface area contributed by atoms with E-state index in [0.717, 1.165) is 6.21 Å². The van der Waals surface area contributed by atoms with E-state index in [4.69, 9.17) is 24.2 Å². The van der Waals surface area contributed by atoms with Crippen LogP contribution in [0.3, 0.4) is 0 Å². The summed E-state index contributed by atoms with van der Waals surface area (Å²) in [5.41, 5.74) is 13.1. The molecule has 0 saturated carbocycles. The van der Waals surface area contributed by atoms with Crippen LogP contribution in [-0.2, 0) is 15.6 Å². The van der Waals surface area contributed by atoms with Crippen molar-refractivity contribution in [2.24, 2.45) is 0 Å². The van der Waals surface area contributed by atoms with E-state index in [2.05, 4.69) is 69.8 Å². The number of benzene rings is 1. The summed E-state index contributed by atoms with van der Waals surface area (Å²) in [5, 5.41) is 0.0180. The highest BCUT2D eigenvalue weighted by molar-refractivity contribution is 6.83. The third kappa shape index (κ3) is 9.55. The lowest BCUT2D eigenvalue weighted by molar-refractivity contribution is -0.116. The van der Waals surface area contributed by atoms with Gasteiger partial charge in [0.1, 0.15) is 14.2 Å². The van der Waals surface area contributed by atoms with E-state index in [1.165, 1.54) is 21.3 Å². The van der Waals surface area contributed by atoms with Crippen molar-refractivity contribution in [1.29, 1.82) is 0 Å². The van der Waals surface area contributed by atoms with Gasteiger partial charge >= 0.3 is 6.21 Å². The normalized spacial score (nSPS) is 12.5. The Morgan fingerprint density at radius 3 is 2.11 bits per heavy atom. The Bertz CT molecular complexity index is 1120. The Hall–Kier alpha value is -2.71. The Morgan fingerprint density at radius 2 is 1.63 bits per heavy atom. The molecule has 1 atom stereocenters. The lowest BCUT2D eigenvalue weighted by Gasteiger charge is -2.38. The molecule has 0 aromatic heterocycles. The molecule has 0 fully saturated rings. The maximum atomic E-state index is 13.4. The first-order valence-corrected chi connectivity index (χ1v) is 19.2. The Labute approximate surface area is 230 Å². The molecule has 8 nitrogen and oxygen atoms in total. The largest absolute Gasteiger partial charge is 0.493 e. The van der Waals surface area contributed by atoms with Gasteiger partial charge in [0.2, 0.25) is 11.5 Å². The lowest BCUT2D eigenvalue weighted by atomic mass is 9.94. The Balaban J connectivity index is 3.55. The van der Waals surface area contributed by atoms with Gasteiger partial charge < -0.3 is 24.2 Å². The quantitative estimate of drug-likeness (QED) is 0.0759. The third-order valence-corrected chi connectivity index (χ3v) is 11.9. The average molecular weight is 561 g/mol. The minimum Gasteiger partial charge on any atom is -0.493 e. The average Bonchev–Trinajstić information content (AvgIpc) is 2.81. The SMILES string of the molecule is COc1cc(CC[C@H](C#C[Si](C)(C)C)O[Si](C)(C)C(C)(C)C)c(C(=O)CCC(=O)C=[N+]=[N-])c(OC)c1OC. The van der Waals surface area contributed by atoms with Crippen LogP contribution < -0.4 is 14.2 Å². The minimum atomic E-state index is -2.12. The van der Waals surface area contributed by atoms with Gasteiger partial charge in [-0.3, -0.25) is 9.59 Å². The molecule has 0 heterocycles. The molecule has 0 saturated heterocycles. The summed E-state index contributed by atoms with van der Waals surface area (Å²) in [5.74, 6) is 3.67. The number of methoxy groups -OCH3 is 3. The second-order valence-corrected chi connectivity index (χ2v) is 21.2. The van der Waals surface area contributed by atoms with Crippen molar-refractivity contribution in [1.82, 2.24) is 0 Å². The third-order valence-electron chi connectivity index (χ3n) is 6.52. The molecule has 0 aliphatic heterocycles. The molecule has 0 amide bonds. The fourth-order valence-corrected chi connectivity index (χ4v) is 5.31. The molecule has 38 heavy (non-hydrogen) atoms. The number of aryl methyl sites for hydroxylation is 1. The van der Waals surface area contributed by atoms with Gasteiger partial charge in [0.05, 0.1) is 26.9 Å². The van der Waals surface area contributed by atoms with Crippen molar-refractivity contribution in [3.63, 3.8) is 0 Å². The van der Waals surface area contributed by atoms with Crippen molar-refractivity contribution in [3.05, 3.63) is 22.7 Å². The van der Waals surface area contributed by atoms with E-state index in [9.17, 15) is 9.59 Å². The summed E-state index contributed by atoms with van der Waals surface area (Å²) < 4.78 is 23.4. The first-order chi connectivity index (χ1) is 17.5. The van der Waals surface area contributed by atoms with Gasteiger partial charge in [0, 0.05) is 12.8 Å². The van der Waals surface area contributed by atoms with Gasteiger partial charge in [-0.1, -0.05) is 46.3 Å². The van der Waals surface area contributed by atoms with Gasteiger partial charge in [-0.05, 0) is 42.6 Å². The fraction of sp³-hybridized carbons (Fsp3) is 0.607. The fourth-order valence-electron chi connectivity index (χ4n) is 3.48. The van der Waals surface area contributed by atoms with Crippen LogP contribution in [0.4, 0.5) is 0 Å². The van der Waals surface area contributed by atoms with Crippen LogP contribution in [0.1, 0.15) is 56.0 Å². The number of Topliss-reactive ketones (excluding diaryl/α,β-unsaturated/α-hetero) is 2. The van der Waals surface area contributed by atoms with Crippen molar-refractivity contribution in [2.75, 3.05) is 21.3 Å². The molecule has 0 aliphatic carbocycles. The highest BCUT2D eigenvalue weighted by Gasteiger charge is 2.39. The van der Waals surface area contributed by atoms with Crippen LogP contribution >= 0.6 is 0 Å². The van der Waals surface area contributed by atoms with E-state index in [1.54, 1.807) is 6.07 Å². The molecule has 0 spiro atoms. The number of rotatable bonds is 13. The van der Waals surface area contributed by atoms with E-state index in [1.807, 2.05) is 0 Å². The molecule has 210 valence electrons. The molecule has 10 heteroatoms. The molecule has 0 unspecified atom stereocenters. The maximum Gasteiger partial charge on any atom is 0.323 e. The molecule has 0 aliphatic rings. The summed E-state index contributed by atoms with van der Waals surface area (Å²) in [6.07, 6.45) is 1.36. The van der Waals surface area contributed by atoms with Crippen molar-refractivity contribution in [3.8, 4) is 28.7 Å². The number of carbonyl (C=O) groups is 2. The zero-order chi connectivity index (χ0) is 29.3. The molecule has 0 radical (unpaired) electrons. The number of carbonyl (C=O) groups excluding carboxylic acids is 2. The maximum absolute atomic E-state index is 13.4. The van der Waals surface area contributed by atoms with Crippen LogP contribution in [0.2, 0.25) is 37.8 Å². The molecule has 1 rings (SSSR count). The number of ketones is 2. The number of ether oxygens (including phenoxy) is 3. The number of nitrogens with zero attached hydrogens (tertiary/aromatic N) is 2. The van der Waals surface area contributed by atoms with Gasteiger partial charge in [0.15, 0.2) is 25.6 Å². The van der Waals surface area contributed by atoms with E-state index in [0.29, 0.717) is 35.5 Å². The van der Waals surface area contributed by atoms with Crippen LogP contribution in [-0.4, -0.2) is 66.4 Å². The molecule has 1 aromatic rings. The molecule has 0 bridgehead atoms. The minimum absolute atomic E-state index is 0.0180. The van der Waals surface area contributed by atoms with E-state index < -0.39 is 22.2 Å².